The van der Waals surface area contributed by atoms with Crippen molar-refractivity contribution in [3.8, 4) is 17.6 Å². The van der Waals surface area contributed by atoms with Gasteiger partial charge in [0, 0.05) is 16.6 Å². The van der Waals surface area contributed by atoms with E-state index in [1.54, 1.807) is 16.9 Å². The highest BCUT2D eigenvalue weighted by atomic mass is 35.5. The molecule has 0 saturated heterocycles. The van der Waals surface area contributed by atoms with Crippen LogP contribution in [-0.2, 0) is 6.61 Å². The van der Waals surface area contributed by atoms with Crippen LogP contribution in [0.25, 0.3) is 27.5 Å². The standard InChI is InChI=1S/C24H15ClN4O/c25-18-11-9-16(10-12-18)15-30-24-21-14-27-22-17(13-26)5-4-8-20(22)23(21)28-29(24)19-6-2-1-3-7-19/h1-12,14H,15H2. The molecule has 0 N–H and O–H groups in total. The van der Waals surface area contributed by atoms with Crippen LogP contribution in [0.1, 0.15) is 11.1 Å². The van der Waals surface area contributed by atoms with Crippen molar-refractivity contribution < 1.29 is 4.74 Å². The van der Waals surface area contributed by atoms with Gasteiger partial charge in [-0.05, 0) is 35.9 Å². The molecule has 5 nitrogen and oxygen atoms in total. The number of nitriles is 1. The van der Waals surface area contributed by atoms with E-state index in [0.29, 0.717) is 28.6 Å². The van der Waals surface area contributed by atoms with Gasteiger partial charge in [-0.15, -0.1) is 0 Å². The number of hydrogen-bond acceptors (Lipinski definition) is 4. The third kappa shape index (κ3) is 3.14. The molecule has 0 aliphatic rings. The molecule has 0 aliphatic heterocycles. The highest BCUT2D eigenvalue weighted by Gasteiger charge is 2.18. The molecule has 30 heavy (non-hydrogen) atoms. The van der Waals surface area contributed by atoms with E-state index >= 15 is 0 Å². The van der Waals surface area contributed by atoms with Gasteiger partial charge in [0.1, 0.15) is 18.2 Å². The Bertz CT molecular complexity index is 1400. The topological polar surface area (TPSA) is 63.7 Å². The predicted octanol–water partition coefficient (Wildman–Crippen LogP) is 5.68. The fourth-order valence-electron chi connectivity index (χ4n) is 3.44. The molecule has 2 heterocycles. The van der Waals surface area contributed by atoms with Crippen molar-refractivity contribution >= 4 is 33.4 Å². The number of hydrogen-bond donors (Lipinski definition) is 0. The molecule has 144 valence electrons. The second-order valence-corrected chi connectivity index (χ2v) is 7.24. The van der Waals surface area contributed by atoms with Gasteiger partial charge in [-0.3, -0.25) is 4.98 Å². The van der Waals surface area contributed by atoms with E-state index in [1.165, 1.54) is 0 Å². The Hall–Kier alpha value is -3.88. The van der Waals surface area contributed by atoms with E-state index in [2.05, 4.69) is 11.1 Å². The van der Waals surface area contributed by atoms with Gasteiger partial charge in [-0.2, -0.15) is 15.0 Å². The Morgan fingerprint density at radius 2 is 1.70 bits per heavy atom. The molecule has 3 aromatic carbocycles. The molecule has 0 atom stereocenters. The first kappa shape index (κ1) is 18.2. The maximum absolute atomic E-state index is 9.43. The fraction of sp³-hybridized carbons (Fsp3) is 0.0417. The summed E-state index contributed by atoms with van der Waals surface area (Å²) in [7, 11) is 0. The molecule has 0 spiro atoms. The van der Waals surface area contributed by atoms with Gasteiger partial charge >= 0.3 is 0 Å². The number of pyridine rings is 1. The lowest BCUT2D eigenvalue weighted by atomic mass is 10.1. The highest BCUT2D eigenvalue weighted by Crippen LogP contribution is 2.33. The number of ether oxygens (including phenoxy) is 1. The second kappa shape index (κ2) is 7.51. The van der Waals surface area contributed by atoms with E-state index < -0.39 is 0 Å². The van der Waals surface area contributed by atoms with Gasteiger partial charge < -0.3 is 4.74 Å². The number of nitrogens with zero attached hydrogens (tertiary/aromatic N) is 4. The molecule has 5 rings (SSSR count). The van der Waals surface area contributed by atoms with Gasteiger partial charge in [-0.25, -0.2) is 0 Å². The molecule has 0 saturated carbocycles. The van der Waals surface area contributed by atoms with Crippen molar-refractivity contribution in [3.63, 3.8) is 0 Å². The van der Waals surface area contributed by atoms with Gasteiger partial charge in [0.2, 0.25) is 5.88 Å². The van der Waals surface area contributed by atoms with Crippen LogP contribution < -0.4 is 4.74 Å². The molecule has 5 aromatic rings. The number of benzene rings is 3. The molecule has 0 unspecified atom stereocenters. The Morgan fingerprint density at radius 3 is 2.47 bits per heavy atom. The van der Waals surface area contributed by atoms with Gasteiger partial charge in [-0.1, -0.05) is 54.1 Å². The number of rotatable bonds is 4. The normalized spacial score (nSPS) is 10.9. The third-order valence-corrected chi connectivity index (χ3v) is 5.15. The van der Waals surface area contributed by atoms with Crippen LogP contribution >= 0.6 is 11.6 Å². The number of aromatic nitrogens is 3. The summed E-state index contributed by atoms with van der Waals surface area (Å²) < 4.78 is 8.01. The summed E-state index contributed by atoms with van der Waals surface area (Å²) >= 11 is 5.99. The van der Waals surface area contributed by atoms with Crippen LogP contribution in [0.2, 0.25) is 5.02 Å². The summed E-state index contributed by atoms with van der Waals surface area (Å²) in [6, 6.07) is 25.1. The predicted molar refractivity (Wildman–Crippen MR) is 117 cm³/mol. The third-order valence-electron chi connectivity index (χ3n) is 4.90. The monoisotopic (exact) mass is 410 g/mol. The lowest BCUT2D eigenvalue weighted by Crippen LogP contribution is -2.03. The van der Waals surface area contributed by atoms with E-state index in [9.17, 15) is 5.26 Å². The zero-order valence-electron chi connectivity index (χ0n) is 15.8. The Balaban J connectivity index is 1.69. The summed E-state index contributed by atoms with van der Waals surface area (Å²) in [5.41, 5.74) is 3.77. The minimum absolute atomic E-state index is 0.362. The minimum atomic E-state index is 0.362. The van der Waals surface area contributed by atoms with Crippen molar-refractivity contribution in [2.24, 2.45) is 0 Å². The van der Waals surface area contributed by atoms with Crippen LogP contribution in [-0.4, -0.2) is 14.8 Å². The quantitative estimate of drug-likeness (QED) is 0.382. The first-order chi connectivity index (χ1) is 14.7. The average Bonchev–Trinajstić information content (AvgIpc) is 3.18. The van der Waals surface area contributed by atoms with Gasteiger partial charge in [0.15, 0.2) is 0 Å². The van der Waals surface area contributed by atoms with E-state index in [-0.39, 0.29) is 0 Å². The maximum Gasteiger partial charge on any atom is 0.226 e. The fourth-order valence-corrected chi connectivity index (χ4v) is 3.56. The molecular formula is C24H15ClN4O. The molecule has 2 aromatic heterocycles. The van der Waals surface area contributed by atoms with E-state index in [0.717, 1.165) is 27.5 Å². The van der Waals surface area contributed by atoms with Crippen molar-refractivity contribution in [2.45, 2.75) is 6.61 Å². The highest BCUT2D eigenvalue weighted by molar-refractivity contribution is 6.30. The lowest BCUT2D eigenvalue weighted by Gasteiger charge is -2.10. The summed E-state index contributed by atoms with van der Waals surface area (Å²) in [4.78, 5) is 4.54. The van der Waals surface area contributed by atoms with Crippen LogP contribution in [0.5, 0.6) is 5.88 Å². The Kier molecular flexibility index (Phi) is 4.55. The molecule has 0 aliphatic carbocycles. The van der Waals surface area contributed by atoms with Crippen molar-refractivity contribution in [3.05, 3.63) is 95.1 Å². The van der Waals surface area contributed by atoms with Crippen LogP contribution in [0, 0.1) is 11.3 Å². The summed E-state index contributed by atoms with van der Waals surface area (Å²) in [6.07, 6.45) is 1.72. The SMILES string of the molecule is N#Cc1cccc2c1ncc1c(OCc3ccc(Cl)cc3)n(-c3ccccc3)nc12. The van der Waals surface area contributed by atoms with Crippen molar-refractivity contribution in [1.29, 1.82) is 5.26 Å². The maximum atomic E-state index is 9.43. The number of para-hydroxylation sites is 2. The Morgan fingerprint density at radius 1 is 0.900 bits per heavy atom. The molecule has 0 radical (unpaired) electrons. The number of halogens is 1. The smallest absolute Gasteiger partial charge is 0.226 e. The molecule has 6 heteroatoms. The zero-order valence-corrected chi connectivity index (χ0v) is 16.5. The second-order valence-electron chi connectivity index (χ2n) is 6.80. The van der Waals surface area contributed by atoms with E-state index in [1.807, 2.05) is 66.7 Å². The summed E-state index contributed by atoms with van der Waals surface area (Å²) in [5.74, 6) is 0.600. The van der Waals surface area contributed by atoms with Crippen LogP contribution in [0.4, 0.5) is 0 Å². The van der Waals surface area contributed by atoms with Crippen LogP contribution in [0.3, 0.4) is 0 Å². The minimum Gasteiger partial charge on any atom is -0.472 e. The van der Waals surface area contributed by atoms with E-state index in [4.69, 9.17) is 21.4 Å². The van der Waals surface area contributed by atoms with Gasteiger partial charge in [0.25, 0.3) is 0 Å². The number of fused-ring (bicyclic) bond motifs is 3. The van der Waals surface area contributed by atoms with Crippen LogP contribution in [0.15, 0.2) is 79.0 Å². The zero-order chi connectivity index (χ0) is 20.5. The summed E-state index contributed by atoms with van der Waals surface area (Å²) in [5, 5.41) is 16.5. The first-order valence-electron chi connectivity index (χ1n) is 9.38. The van der Waals surface area contributed by atoms with Gasteiger partial charge in [0.05, 0.1) is 22.2 Å². The molecule has 0 bridgehead atoms. The largest absolute Gasteiger partial charge is 0.472 e. The molecule has 0 amide bonds. The first-order valence-corrected chi connectivity index (χ1v) is 9.75. The summed E-state index contributed by atoms with van der Waals surface area (Å²) in [6.45, 7) is 0.362. The van der Waals surface area contributed by atoms with Crippen molar-refractivity contribution in [2.75, 3.05) is 0 Å². The lowest BCUT2D eigenvalue weighted by molar-refractivity contribution is 0.288. The average molecular weight is 411 g/mol. The Labute approximate surface area is 177 Å². The molecular weight excluding hydrogens is 396 g/mol. The van der Waals surface area contributed by atoms with Crippen molar-refractivity contribution in [1.82, 2.24) is 14.8 Å². The molecule has 0 fully saturated rings.